The van der Waals surface area contributed by atoms with E-state index in [9.17, 15) is 9.59 Å². The molecule has 0 aromatic heterocycles. The molecule has 6 nitrogen and oxygen atoms in total. The SMILES string of the molecule is COc1ccc(C2CCCCCN2C(=O)CC2Oc3ccccc3NC2=O)cc1. The summed E-state index contributed by atoms with van der Waals surface area (Å²) < 4.78 is 11.1. The molecule has 1 N–H and O–H groups in total. The fraction of sp³-hybridized carbons (Fsp3) is 0.391. The highest BCUT2D eigenvalue weighted by Crippen LogP contribution is 2.33. The standard InChI is InChI=1S/C23H26N2O4/c1-28-17-12-10-16(11-13-17)19-8-3-2-6-14-25(19)22(26)15-21-23(27)24-18-7-4-5-9-20(18)29-21/h4-5,7,9-13,19,21H,2-3,6,8,14-15H2,1H3,(H,24,27). The zero-order valence-corrected chi connectivity index (χ0v) is 16.6. The van der Waals surface area contributed by atoms with Gasteiger partial charge in [0.2, 0.25) is 5.91 Å². The molecule has 1 fully saturated rings. The van der Waals surface area contributed by atoms with Gasteiger partial charge in [-0.05, 0) is 42.7 Å². The molecule has 2 aromatic rings. The number of benzene rings is 2. The van der Waals surface area contributed by atoms with Crippen LogP contribution in [-0.2, 0) is 9.59 Å². The molecule has 0 aliphatic carbocycles. The molecule has 2 aliphatic rings. The molecule has 1 saturated heterocycles. The van der Waals surface area contributed by atoms with Crippen molar-refractivity contribution in [2.45, 2.75) is 44.2 Å². The first-order chi connectivity index (χ1) is 14.2. The number of hydrogen-bond donors (Lipinski definition) is 1. The minimum atomic E-state index is -0.808. The molecule has 2 aromatic carbocycles. The summed E-state index contributed by atoms with van der Waals surface area (Å²) in [5, 5.41) is 2.84. The molecule has 0 bridgehead atoms. The molecule has 6 heteroatoms. The molecular weight excluding hydrogens is 368 g/mol. The number of methoxy groups -OCH3 is 1. The summed E-state index contributed by atoms with van der Waals surface area (Å²) in [5.74, 6) is 1.08. The van der Waals surface area contributed by atoms with Crippen LogP contribution in [0.15, 0.2) is 48.5 Å². The van der Waals surface area contributed by atoms with Crippen molar-refractivity contribution >= 4 is 17.5 Å². The van der Waals surface area contributed by atoms with Gasteiger partial charge in [0.1, 0.15) is 11.5 Å². The van der Waals surface area contributed by atoms with E-state index in [-0.39, 0.29) is 24.3 Å². The van der Waals surface area contributed by atoms with Crippen LogP contribution < -0.4 is 14.8 Å². The second-order valence-electron chi connectivity index (χ2n) is 7.52. The first-order valence-corrected chi connectivity index (χ1v) is 10.2. The van der Waals surface area contributed by atoms with Crippen molar-refractivity contribution in [1.82, 2.24) is 4.90 Å². The average Bonchev–Trinajstić information content (AvgIpc) is 3.00. The number of hydrogen-bond acceptors (Lipinski definition) is 4. The van der Waals surface area contributed by atoms with Gasteiger partial charge in [0, 0.05) is 6.54 Å². The van der Waals surface area contributed by atoms with Gasteiger partial charge in [-0.25, -0.2) is 0 Å². The van der Waals surface area contributed by atoms with Crippen LogP contribution in [0.4, 0.5) is 5.69 Å². The molecule has 2 heterocycles. The first-order valence-electron chi connectivity index (χ1n) is 10.2. The first kappa shape index (κ1) is 19.3. The molecule has 152 valence electrons. The van der Waals surface area contributed by atoms with Crippen LogP contribution in [0.2, 0.25) is 0 Å². The summed E-state index contributed by atoms with van der Waals surface area (Å²) in [6.45, 7) is 0.695. The number of rotatable bonds is 4. The Hall–Kier alpha value is -3.02. The molecule has 2 amide bonds. The Labute approximate surface area is 170 Å². The van der Waals surface area contributed by atoms with E-state index in [1.165, 1.54) is 0 Å². The molecule has 2 aliphatic heterocycles. The van der Waals surface area contributed by atoms with Crippen LogP contribution in [0.25, 0.3) is 0 Å². The van der Waals surface area contributed by atoms with E-state index < -0.39 is 6.10 Å². The summed E-state index contributed by atoms with van der Waals surface area (Å²) in [5.41, 5.74) is 1.74. The van der Waals surface area contributed by atoms with Gasteiger partial charge in [0.15, 0.2) is 6.10 Å². The topological polar surface area (TPSA) is 67.9 Å². The monoisotopic (exact) mass is 394 g/mol. The highest BCUT2D eigenvalue weighted by atomic mass is 16.5. The number of likely N-dealkylation sites (tertiary alicyclic amines) is 1. The normalized spacial score (nSPS) is 21.4. The van der Waals surface area contributed by atoms with Crippen molar-refractivity contribution in [1.29, 1.82) is 0 Å². The van der Waals surface area contributed by atoms with Gasteiger partial charge < -0.3 is 19.7 Å². The molecule has 29 heavy (non-hydrogen) atoms. The third-order valence-corrected chi connectivity index (χ3v) is 5.64. The largest absolute Gasteiger partial charge is 0.497 e. The Morgan fingerprint density at radius 2 is 1.93 bits per heavy atom. The van der Waals surface area contributed by atoms with Crippen molar-refractivity contribution in [3.05, 3.63) is 54.1 Å². The Morgan fingerprint density at radius 3 is 2.72 bits per heavy atom. The van der Waals surface area contributed by atoms with E-state index in [0.29, 0.717) is 18.0 Å². The number of fused-ring (bicyclic) bond motifs is 1. The van der Waals surface area contributed by atoms with Crippen molar-refractivity contribution in [2.24, 2.45) is 0 Å². The van der Waals surface area contributed by atoms with Gasteiger partial charge in [-0.1, -0.05) is 37.1 Å². The molecule has 2 atom stereocenters. The van der Waals surface area contributed by atoms with Crippen molar-refractivity contribution in [3.63, 3.8) is 0 Å². The Bertz CT molecular complexity index is 881. The van der Waals surface area contributed by atoms with Crippen LogP contribution in [0.5, 0.6) is 11.5 Å². The fourth-order valence-corrected chi connectivity index (χ4v) is 4.08. The minimum Gasteiger partial charge on any atom is -0.497 e. The Morgan fingerprint density at radius 1 is 1.14 bits per heavy atom. The quantitative estimate of drug-likeness (QED) is 0.853. The second-order valence-corrected chi connectivity index (χ2v) is 7.52. The lowest BCUT2D eigenvalue weighted by atomic mass is 10.00. The van der Waals surface area contributed by atoms with Crippen molar-refractivity contribution in [2.75, 3.05) is 19.0 Å². The predicted octanol–water partition coefficient (Wildman–Crippen LogP) is 3.93. The third kappa shape index (κ3) is 4.21. The van der Waals surface area contributed by atoms with Gasteiger partial charge in [0.25, 0.3) is 5.91 Å². The molecule has 2 unspecified atom stereocenters. The summed E-state index contributed by atoms with van der Waals surface area (Å²) in [4.78, 5) is 27.6. The van der Waals surface area contributed by atoms with E-state index in [1.807, 2.05) is 41.3 Å². The molecule has 0 saturated carbocycles. The van der Waals surface area contributed by atoms with E-state index in [1.54, 1.807) is 19.2 Å². The number of nitrogens with one attached hydrogen (secondary N) is 1. The highest BCUT2D eigenvalue weighted by molar-refractivity contribution is 6.00. The minimum absolute atomic E-state index is 0.00911. The van der Waals surface area contributed by atoms with Gasteiger partial charge in [-0.15, -0.1) is 0 Å². The van der Waals surface area contributed by atoms with Crippen LogP contribution in [0.1, 0.15) is 43.7 Å². The van der Waals surface area contributed by atoms with Gasteiger partial charge in [-0.3, -0.25) is 9.59 Å². The van der Waals surface area contributed by atoms with Crippen LogP contribution in [-0.4, -0.2) is 36.5 Å². The van der Waals surface area contributed by atoms with Crippen LogP contribution >= 0.6 is 0 Å². The lowest BCUT2D eigenvalue weighted by Gasteiger charge is -2.33. The summed E-state index contributed by atoms with van der Waals surface area (Å²) in [6.07, 6.45) is 3.29. The highest BCUT2D eigenvalue weighted by Gasteiger charge is 2.34. The summed E-state index contributed by atoms with van der Waals surface area (Å²) >= 11 is 0. The third-order valence-electron chi connectivity index (χ3n) is 5.64. The van der Waals surface area contributed by atoms with Gasteiger partial charge in [0.05, 0.1) is 25.3 Å². The summed E-state index contributed by atoms with van der Waals surface area (Å²) in [6, 6.07) is 15.2. The molecule has 0 spiro atoms. The van der Waals surface area contributed by atoms with Gasteiger partial charge >= 0.3 is 0 Å². The van der Waals surface area contributed by atoms with Crippen LogP contribution in [0, 0.1) is 0 Å². The van der Waals surface area contributed by atoms with E-state index >= 15 is 0 Å². The lowest BCUT2D eigenvalue weighted by Crippen LogP contribution is -2.43. The van der Waals surface area contributed by atoms with Crippen LogP contribution in [0.3, 0.4) is 0 Å². The van der Waals surface area contributed by atoms with Gasteiger partial charge in [-0.2, -0.15) is 0 Å². The zero-order chi connectivity index (χ0) is 20.2. The zero-order valence-electron chi connectivity index (χ0n) is 16.6. The second kappa shape index (κ2) is 8.55. The molecular formula is C23H26N2O4. The number of ether oxygens (including phenoxy) is 2. The number of amides is 2. The number of para-hydroxylation sites is 2. The number of anilines is 1. The fourth-order valence-electron chi connectivity index (χ4n) is 4.08. The van der Waals surface area contributed by atoms with Crippen molar-refractivity contribution in [3.8, 4) is 11.5 Å². The Kier molecular flexibility index (Phi) is 5.69. The maximum atomic E-state index is 13.2. The maximum Gasteiger partial charge on any atom is 0.266 e. The van der Waals surface area contributed by atoms with E-state index in [4.69, 9.17) is 9.47 Å². The number of carbonyl (C=O) groups excluding carboxylic acids is 2. The predicted molar refractivity (Wildman–Crippen MR) is 110 cm³/mol. The number of carbonyl (C=O) groups is 2. The number of nitrogens with zero attached hydrogens (tertiary/aromatic N) is 1. The van der Waals surface area contributed by atoms with Crippen molar-refractivity contribution < 1.29 is 19.1 Å². The average molecular weight is 394 g/mol. The van der Waals surface area contributed by atoms with E-state index in [2.05, 4.69) is 5.32 Å². The van der Waals surface area contributed by atoms with E-state index in [0.717, 1.165) is 37.0 Å². The Balaban J connectivity index is 1.51. The lowest BCUT2D eigenvalue weighted by molar-refractivity contribution is -0.139. The summed E-state index contributed by atoms with van der Waals surface area (Å²) in [7, 11) is 1.64. The maximum absolute atomic E-state index is 13.2. The molecule has 4 rings (SSSR count). The smallest absolute Gasteiger partial charge is 0.266 e. The molecule has 0 radical (unpaired) electrons.